The minimum absolute atomic E-state index is 0.266. The van der Waals surface area contributed by atoms with Crippen LogP contribution in [0.2, 0.25) is 10.0 Å². The Hall–Kier alpha value is -2.70. The normalized spacial score (nSPS) is 15.8. The van der Waals surface area contributed by atoms with Crippen LogP contribution in [0, 0.1) is 5.82 Å². The minimum Gasteiger partial charge on any atom is -0.338 e. The first kappa shape index (κ1) is 19.6. The highest BCUT2D eigenvalue weighted by molar-refractivity contribution is 6.45. The van der Waals surface area contributed by atoms with Gasteiger partial charge in [0.05, 0.1) is 15.7 Å². The Bertz CT molecular complexity index is 1130. The van der Waals surface area contributed by atoms with Crippen LogP contribution in [0.4, 0.5) is 16.0 Å². The molecule has 1 N–H and O–H groups in total. The number of aliphatic imine (C=N–C) groups is 1. The molecule has 8 heteroatoms. The largest absolute Gasteiger partial charge is 0.338 e. The van der Waals surface area contributed by atoms with Crippen LogP contribution in [0.1, 0.15) is 30.3 Å². The number of rotatable bonds is 4. The molecule has 2 aromatic carbocycles. The zero-order valence-electron chi connectivity index (χ0n) is 15.9. The molecule has 5 nitrogen and oxygen atoms in total. The van der Waals surface area contributed by atoms with Gasteiger partial charge in [-0.2, -0.15) is 4.99 Å². The highest BCUT2D eigenvalue weighted by atomic mass is 35.5. The molecular weight excluding hydrogens is 412 g/mol. The van der Waals surface area contributed by atoms with E-state index < -0.39 is 0 Å². The van der Waals surface area contributed by atoms with Crippen molar-refractivity contribution < 1.29 is 4.39 Å². The fourth-order valence-electron chi connectivity index (χ4n) is 3.22. The third-order valence-corrected chi connectivity index (χ3v) is 5.34. The van der Waals surface area contributed by atoms with E-state index in [1.54, 1.807) is 24.3 Å². The van der Waals surface area contributed by atoms with Crippen LogP contribution in [0.3, 0.4) is 0 Å². The molecule has 0 bridgehead atoms. The Morgan fingerprint density at radius 3 is 2.55 bits per heavy atom. The first-order valence-corrected chi connectivity index (χ1v) is 9.90. The quantitative estimate of drug-likeness (QED) is 0.569. The van der Waals surface area contributed by atoms with E-state index in [9.17, 15) is 4.39 Å². The number of halogens is 3. The molecule has 0 amide bonds. The zero-order chi connectivity index (χ0) is 20.5. The Balaban J connectivity index is 1.69. The summed E-state index contributed by atoms with van der Waals surface area (Å²) in [5.41, 5.74) is 3.41. The summed E-state index contributed by atoms with van der Waals surface area (Å²) in [4.78, 5) is 4.68. The molecule has 0 saturated carbocycles. The van der Waals surface area contributed by atoms with E-state index in [1.165, 1.54) is 12.1 Å². The number of allylic oxidation sites excluding steroid dienone is 1. The van der Waals surface area contributed by atoms with Crippen LogP contribution in [-0.4, -0.2) is 20.6 Å². The van der Waals surface area contributed by atoms with E-state index in [0.29, 0.717) is 28.3 Å². The van der Waals surface area contributed by atoms with E-state index in [4.69, 9.17) is 23.2 Å². The molecule has 0 atom stereocenters. The van der Waals surface area contributed by atoms with Gasteiger partial charge >= 0.3 is 0 Å². The van der Waals surface area contributed by atoms with E-state index in [2.05, 4.69) is 26.6 Å². The highest BCUT2D eigenvalue weighted by Crippen LogP contribution is 2.42. The number of amidine groups is 1. The van der Waals surface area contributed by atoms with Gasteiger partial charge in [-0.3, -0.25) is 4.57 Å². The second-order valence-corrected chi connectivity index (χ2v) is 7.48. The number of anilines is 1. The van der Waals surface area contributed by atoms with Gasteiger partial charge in [0.25, 0.3) is 5.95 Å². The van der Waals surface area contributed by atoms with Gasteiger partial charge in [-0.05, 0) is 36.2 Å². The fourth-order valence-corrected chi connectivity index (χ4v) is 3.68. The summed E-state index contributed by atoms with van der Waals surface area (Å²) < 4.78 is 14.9. The Morgan fingerprint density at radius 2 is 1.83 bits per heavy atom. The van der Waals surface area contributed by atoms with Crippen molar-refractivity contribution in [3.63, 3.8) is 0 Å². The Kier molecular flexibility index (Phi) is 5.39. The average Bonchev–Trinajstić information content (AvgIpc) is 3.23. The SMILES string of the molecule is CC/C=C1\C(=N/c2nnc(Cc3ccc(F)cc3)n2C)Nc2c(Cl)ccc(Cl)c21. The van der Waals surface area contributed by atoms with Crippen molar-refractivity contribution in [1.82, 2.24) is 14.8 Å². The summed E-state index contributed by atoms with van der Waals surface area (Å²) in [6.45, 7) is 2.05. The van der Waals surface area contributed by atoms with Gasteiger partial charge in [-0.25, -0.2) is 4.39 Å². The van der Waals surface area contributed by atoms with Crippen LogP contribution in [-0.2, 0) is 13.5 Å². The maximum absolute atomic E-state index is 13.1. The van der Waals surface area contributed by atoms with E-state index in [-0.39, 0.29) is 5.82 Å². The van der Waals surface area contributed by atoms with Gasteiger partial charge in [0.15, 0.2) is 0 Å². The molecule has 1 aromatic heterocycles. The monoisotopic (exact) mass is 429 g/mol. The summed E-state index contributed by atoms with van der Waals surface area (Å²) in [7, 11) is 1.85. The van der Waals surface area contributed by atoms with Gasteiger partial charge in [0, 0.05) is 24.6 Å². The molecule has 0 unspecified atom stereocenters. The number of hydrogen-bond acceptors (Lipinski definition) is 3. The van der Waals surface area contributed by atoms with Crippen LogP contribution in [0.15, 0.2) is 47.5 Å². The van der Waals surface area contributed by atoms with E-state index >= 15 is 0 Å². The molecule has 29 heavy (non-hydrogen) atoms. The molecule has 0 radical (unpaired) electrons. The molecule has 0 saturated heterocycles. The molecular formula is C21H18Cl2FN5. The van der Waals surface area contributed by atoms with Crippen molar-refractivity contribution in [1.29, 1.82) is 0 Å². The number of aromatic nitrogens is 3. The summed E-state index contributed by atoms with van der Waals surface area (Å²) in [6.07, 6.45) is 3.39. The third kappa shape index (κ3) is 3.78. The van der Waals surface area contributed by atoms with Gasteiger partial charge in [0.1, 0.15) is 17.5 Å². The smallest absolute Gasteiger partial charge is 0.252 e. The van der Waals surface area contributed by atoms with Crippen molar-refractivity contribution in [2.45, 2.75) is 19.8 Å². The topological polar surface area (TPSA) is 55.1 Å². The van der Waals surface area contributed by atoms with E-state index in [0.717, 1.165) is 34.6 Å². The lowest BCUT2D eigenvalue weighted by atomic mass is 10.1. The highest BCUT2D eigenvalue weighted by Gasteiger charge is 2.27. The molecule has 0 aliphatic carbocycles. The number of nitrogens with one attached hydrogen (secondary N) is 1. The maximum Gasteiger partial charge on any atom is 0.252 e. The Labute approximate surface area is 177 Å². The van der Waals surface area contributed by atoms with Gasteiger partial charge < -0.3 is 5.32 Å². The van der Waals surface area contributed by atoms with Gasteiger partial charge in [-0.15, -0.1) is 10.2 Å². The predicted octanol–water partition coefficient (Wildman–Crippen LogP) is 5.80. The standard InChI is InChI=1S/C21H18Cl2FN5/c1-3-4-14-18-15(22)9-10-16(23)19(18)25-20(14)26-21-28-27-17(29(21)2)11-12-5-7-13(24)8-6-12/h4-10H,3,11H2,1-2H3,(H,25,26,28)/b14-4-. The summed E-state index contributed by atoms with van der Waals surface area (Å²) in [6, 6.07) is 9.86. The summed E-state index contributed by atoms with van der Waals surface area (Å²) >= 11 is 12.8. The molecule has 1 aliphatic heterocycles. The molecule has 0 fully saturated rings. The molecule has 148 valence electrons. The lowest BCUT2D eigenvalue weighted by molar-refractivity contribution is 0.627. The second kappa shape index (κ2) is 7.97. The van der Waals surface area contributed by atoms with Crippen molar-refractivity contribution in [3.8, 4) is 0 Å². The molecule has 0 spiro atoms. The van der Waals surface area contributed by atoms with Crippen LogP contribution >= 0.6 is 23.2 Å². The average molecular weight is 430 g/mol. The lowest BCUT2D eigenvalue weighted by Crippen LogP contribution is -2.06. The van der Waals surface area contributed by atoms with Gasteiger partial charge in [-0.1, -0.05) is 48.3 Å². The fraction of sp³-hybridized carbons (Fsp3) is 0.190. The zero-order valence-corrected chi connectivity index (χ0v) is 17.4. The predicted molar refractivity (Wildman–Crippen MR) is 116 cm³/mol. The Morgan fingerprint density at radius 1 is 1.10 bits per heavy atom. The summed E-state index contributed by atoms with van der Waals surface area (Å²) in [5, 5.41) is 12.9. The van der Waals surface area contributed by atoms with Crippen molar-refractivity contribution in [3.05, 3.63) is 75.3 Å². The minimum atomic E-state index is -0.266. The first-order valence-electron chi connectivity index (χ1n) is 9.15. The van der Waals surface area contributed by atoms with Gasteiger partial charge in [0.2, 0.25) is 0 Å². The molecule has 4 rings (SSSR count). The third-order valence-electron chi connectivity index (χ3n) is 4.71. The van der Waals surface area contributed by atoms with Crippen LogP contribution < -0.4 is 5.32 Å². The number of nitrogens with zero attached hydrogens (tertiary/aromatic N) is 4. The van der Waals surface area contributed by atoms with Crippen molar-refractivity contribution in [2.24, 2.45) is 12.0 Å². The molecule has 1 aliphatic rings. The van der Waals surface area contributed by atoms with Crippen molar-refractivity contribution >= 4 is 46.2 Å². The molecule has 3 aromatic rings. The lowest BCUT2D eigenvalue weighted by Gasteiger charge is -2.04. The number of benzene rings is 2. The van der Waals surface area contributed by atoms with Crippen molar-refractivity contribution in [2.75, 3.05) is 5.32 Å². The number of fused-ring (bicyclic) bond motifs is 1. The maximum atomic E-state index is 13.1. The van der Waals surface area contributed by atoms with Crippen LogP contribution in [0.25, 0.3) is 5.57 Å². The summed E-state index contributed by atoms with van der Waals surface area (Å²) in [5.74, 6) is 1.54. The van der Waals surface area contributed by atoms with Crippen LogP contribution in [0.5, 0.6) is 0 Å². The molecule has 2 heterocycles. The first-order chi connectivity index (χ1) is 14.0. The second-order valence-electron chi connectivity index (χ2n) is 6.67. The van der Waals surface area contributed by atoms with E-state index in [1.807, 2.05) is 18.5 Å². The number of hydrogen-bond donors (Lipinski definition) is 1.